The van der Waals surface area contributed by atoms with Crippen molar-refractivity contribution in [2.24, 2.45) is 5.92 Å². The fraction of sp³-hybridized carbons (Fsp3) is 0.500. The number of aliphatic hydroxyl groups is 1. The first kappa shape index (κ1) is 16.1. The Hall–Kier alpha value is -0.940. The van der Waals surface area contributed by atoms with Crippen molar-refractivity contribution in [3.05, 3.63) is 34.1 Å². The topological polar surface area (TPSA) is 49.3 Å². The molecule has 0 aliphatic heterocycles. The number of carbonyl (C=O) groups excluding carboxylic acids is 1. The predicted octanol–water partition coefficient (Wildman–Crippen LogP) is 3.12. The maximum absolute atomic E-state index is 12.9. The van der Waals surface area contributed by atoms with Crippen molar-refractivity contribution in [2.75, 3.05) is 6.54 Å². The van der Waals surface area contributed by atoms with Gasteiger partial charge in [0.15, 0.2) is 0 Å². The quantitative estimate of drug-likeness (QED) is 0.841. The predicted molar refractivity (Wildman–Crippen MR) is 76.5 cm³/mol. The van der Waals surface area contributed by atoms with E-state index >= 15 is 0 Å². The van der Waals surface area contributed by atoms with Crippen molar-refractivity contribution < 1.29 is 14.3 Å². The summed E-state index contributed by atoms with van der Waals surface area (Å²) in [6, 6.07) is 3.89. The maximum atomic E-state index is 12.9. The average Bonchev–Trinajstić information content (AvgIpc) is 2.37. The van der Waals surface area contributed by atoms with Gasteiger partial charge in [0.05, 0.1) is 11.7 Å². The van der Waals surface area contributed by atoms with Crippen molar-refractivity contribution in [1.82, 2.24) is 5.32 Å². The van der Waals surface area contributed by atoms with Gasteiger partial charge in [0.2, 0.25) is 0 Å². The number of carbonyl (C=O) groups is 1. The van der Waals surface area contributed by atoms with Gasteiger partial charge in [-0.25, -0.2) is 4.39 Å². The van der Waals surface area contributed by atoms with E-state index in [4.69, 9.17) is 0 Å². The van der Waals surface area contributed by atoms with Gasteiger partial charge in [0.1, 0.15) is 5.82 Å². The Morgan fingerprint density at radius 1 is 1.42 bits per heavy atom. The second-order valence-corrected chi connectivity index (χ2v) is 5.33. The first-order valence-electron chi connectivity index (χ1n) is 6.40. The molecule has 106 valence electrons. The maximum Gasteiger partial charge on any atom is 0.252 e. The molecule has 0 saturated carbocycles. The summed E-state index contributed by atoms with van der Waals surface area (Å²) in [5, 5.41) is 12.6. The smallest absolute Gasteiger partial charge is 0.252 e. The van der Waals surface area contributed by atoms with Gasteiger partial charge in [-0.3, -0.25) is 4.79 Å². The van der Waals surface area contributed by atoms with Crippen molar-refractivity contribution in [2.45, 2.75) is 32.8 Å². The minimum atomic E-state index is -0.557. The molecule has 0 aliphatic rings. The molecule has 1 unspecified atom stereocenters. The van der Waals surface area contributed by atoms with E-state index in [1.165, 1.54) is 18.2 Å². The Morgan fingerprint density at radius 3 is 2.58 bits per heavy atom. The van der Waals surface area contributed by atoms with Crippen molar-refractivity contribution >= 4 is 21.8 Å². The number of halogens is 2. The molecule has 19 heavy (non-hydrogen) atoms. The van der Waals surface area contributed by atoms with E-state index in [0.717, 1.165) is 12.8 Å². The summed E-state index contributed by atoms with van der Waals surface area (Å²) in [5.74, 6) is -0.547. The number of benzene rings is 1. The molecule has 0 aliphatic carbocycles. The molecular formula is C14H19BrFNO2. The van der Waals surface area contributed by atoms with Gasteiger partial charge in [-0.15, -0.1) is 0 Å². The Labute approximate surface area is 121 Å². The third kappa shape index (κ3) is 4.58. The molecule has 0 spiro atoms. The van der Waals surface area contributed by atoms with Crippen LogP contribution in [0, 0.1) is 11.7 Å². The van der Waals surface area contributed by atoms with Gasteiger partial charge in [-0.05, 0) is 40.0 Å². The van der Waals surface area contributed by atoms with Crippen LogP contribution in [0.15, 0.2) is 22.7 Å². The molecule has 0 heterocycles. The third-order valence-corrected chi connectivity index (χ3v) is 3.90. The summed E-state index contributed by atoms with van der Waals surface area (Å²) >= 11 is 3.15. The standard InChI is InChI=1S/C14H19BrFNO2/c1-3-9(4-2)13(18)8-17-14(19)11-6-5-10(16)7-12(11)15/h5-7,9,13,18H,3-4,8H2,1-2H3,(H,17,19). The second-order valence-electron chi connectivity index (χ2n) is 4.48. The molecule has 2 N–H and O–H groups in total. The van der Waals surface area contributed by atoms with Gasteiger partial charge < -0.3 is 10.4 Å². The Bertz CT molecular complexity index is 435. The molecule has 1 aromatic rings. The van der Waals surface area contributed by atoms with Crippen LogP contribution in [-0.4, -0.2) is 23.7 Å². The fourth-order valence-corrected chi connectivity index (χ4v) is 2.50. The summed E-state index contributed by atoms with van der Waals surface area (Å²) < 4.78 is 13.3. The number of aliphatic hydroxyl groups excluding tert-OH is 1. The van der Waals surface area contributed by atoms with E-state index in [2.05, 4.69) is 21.2 Å². The van der Waals surface area contributed by atoms with E-state index in [1.54, 1.807) is 0 Å². The molecule has 1 aromatic carbocycles. The minimum Gasteiger partial charge on any atom is -0.391 e. The highest BCUT2D eigenvalue weighted by Crippen LogP contribution is 2.18. The Balaban J connectivity index is 2.60. The lowest BCUT2D eigenvalue weighted by Crippen LogP contribution is -2.36. The van der Waals surface area contributed by atoms with Crippen LogP contribution in [0.1, 0.15) is 37.0 Å². The Kier molecular flexibility index (Phi) is 6.45. The summed E-state index contributed by atoms with van der Waals surface area (Å²) in [5.41, 5.74) is 0.359. The first-order chi connectivity index (χ1) is 8.99. The molecule has 5 heteroatoms. The van der Waals surface area contributed by atoms with Crippen LogP contribution in [0.3, 0.4) is 0 Å². The van der Waals surface area contributed by atoms with Crippen LogP contribution >= 0.6 is 15.9 Å². The molecule has 0 bridgehead atoms. The first-order valence-corrected chi connectivity index (χ1v) is 7.20. The van der Waals surface area contributed by atoms with E-state index in [-0.39, 0.29) is 18.4 Å². The monoisotopic (exact) mass is 331 g/mol. The lowest BCUT2D eigenvalue weighted by atomic mass is 9.96. The van der Waals surface area contributed by atoms with Gasteiger partial charge in [-0.2, -0.15) is 0 Å². The highest BCUT2D eigenvalue weighted by Gasteiger charge is 2.17. The van der Waals surface area contributed by atoms with Gasteiger partial charge in [0.25, 0.3) is 5.91 Å². The zero-order valence-corrected chi connectivity index (χ0v) is 12.7. The molecule has 0 radical (unpaired) electrons. The number of amides is 1. The highest BCUT2D eigenvalue weighted by molar-refractivity contribution is 9.10. The van der Waals surface area contributed by atoms with Gasteiger partial charge in [0, 0.05) is 11.0 Å². The van der Waals surface area contributed by atoms with Crippen LogP contribution in [-0.2, 0) is 0 Å². The number of hydrogen-bond acceptors (Lipinski definition) is 2. The minimum absolute atomic E-state index is 0.178. The lowest BCUT2D eigenvalue weighted by molar-refractivity contribution is 0.0816. The van der Waals surface area contributed by atoms with Crippen LogP contribution in [0.2, 0.25) is 0 Å². The molecule has 1 rings (SSSR count). The Morgan fingerprint density at radius 2 is 2.05 bits per heavy atom. The van der Waals surface area contributed by atoms with Crippen LogP contribution < -0.4 is 5.32 Å². The normalized spacial score (nSPS) is 12.5. The van der Waals surface area contributed by atoms with Crippen molar-refractivity contribution in [1.29, 1.82) is 0 Å². The fourth-order valence-electron chi connectivity index (χ4n) is 1.97. The van der Waals surface area contributed by atoms with Crippen LogP contribution in [0.25, 0.3) is 0 Å². The summed E-state index contributed by atoms with van der Waals surface area (Å²) in [7, 11) is 0. The third-order valence-electron chi connectivity index (χ3n) is 3.24. The van der Waals surface area contributed by atoms with Crippen molar-refractivity contribution in [3.8, 4) is 0 Å². The lowest BCUT2D eigenvalue weighted by Gasteiger charge is -2.20. The SMILES string of the molecule is CCC(CC)C(O)CNC(=O)c1ccc(F)cc1Br. The molecule has 0 fully saturated rings. The summed E-state index contributed by atoms with van der Waals surface area (Å²) in [6.07, 6.45) is 1.18. The number of hydrogen-bond donors (Lipinski definition) is 2. The summed E-state index contributed by atoms with van der Waals surface area (Å²) in [4.78, 5) is 11.9. The summed E-state index contributed by atoms with van der Waals surface area (Å²) in [6.45, 7) is 4.22. The van der Waals surface area contributed by atoms with Crippen LogP contribution in [0.4, 0.5) is 4.39 Å². The zero-order chi connectivity index (χ0) is 14.4. The average molecular weight is 332 g/mol. The molecular weight excluding hydrogens is 313 g/mol. The molecule has 0 aromatic heterocycles. The van der Waals surface area contributed by atoms with E-state index in [1.807, 2.05) is 13.8 Å². The molecule has 1 amide bonds. The van der Waals surface area contributed by atoms with E-state index < -0.39 is 11.9 Å². The molecule has 1 atom stereocenters. The van der Waals surface area contributed by atoms with Gasteiger partial charge in [-0.1, -0.05) is 26.7 Å². The zero-order valence-electron chi connectivity index (χ0n) is 11.1. The largest absolute Gasteiger partial charge is 0.391 e. The van der Waals surface area contributed by atoms with Crippen molar-refractivity contribution in [3.63, 3.8) is 0 Å². The second kappa shape index (κ2) is 7.60. The number of nitrogens with one attached hydrogen (secondary N) is 1. The number of rotatable bonds is 6. The highest BCUT2D eigenvalue weighted by atomic mass is 79.9. The van der Waals surface area contributed by atoms with Gasteiger partial charge >= 0.3 is 0 Å². The van der Waals surface area contributed by atoms with E-state index in [0.29, 0.717) is 10.0 Å². The molecule has 3 nitrogen and oxygen atoms in total. The molecule has 0 saturated heterocycles. The van der Waals surface area contributed by atoms with E-state index in [9.17, 15) is 14.3 Å². The van der Waals surface area contributed by atoms with Crippen LogP contribution in [0.5, 0.6) is 0 Å².